The lowest BCUT2D eigenvalue weighted by Crippen LogP contribution is -2.35. The van der Waals surface area contributed by atoms with Crippen molar-refractivity contribution in [1.82, 2.24) is 9.46 Å². The van der Waals surface area contributed by atoms with Gasteiger partial charge in [0.1, 0.15) is 5.76 Å². The third-order valence-electron chi connectivity index (χ3n) is 5.85. The van der Waals surface area contributed by atoms with Crippen molar-refractivity contribution in [2.45, 2.75) is 50.2 Å². The zero-order valence-electron chi connectivity index (χ0n) is 17.4. The molecular weight excluding hydrogens is 422 g/mol. The second-order valence-corrected chi connectivity index (χ2v) is 10.8. The zero-order valence-corrected chi connectivity index (χ0v) is 19.0. The van der Waals surface area contributed by atoms with Gasteiger partial charge in [-0.1, -0.05) is 11.6 Å². The Labute approximate surface area is 181 Å². The smallest absolute Gasteiger partial charge is 0.243 e. The maximum absolute atomic E-state index is 12.9. The largest absolute Gasteiger partial charge is 0.361 e. The van der Waals surface area contributed by atoms with Crippen molar-refractivity contribution < 1.29 is 17.7 Å². The van der Waals surface area contributed by atoms with Crippen LogP contribution in [-0.4, -0.2) is 49.2 Å². The van der Waals surface area contributed by atoms with Gasteiger partial charge in [-0.25, -0.2) is 8.42 Å². The van der Waals surface area contributed by atoms with Crippen molar-refractivity contribution in [2.24, 2.45) is 0 Å². The van der Waals surface area contributed by atoms with Crippen molar-refractivity contribution in [2.75, 3.05) is 30.3 Å². The molecule has 7 nitrogen and oxygen atoms in total. The van der Waals surface area contributed by atoms with Crippen molar-refractivity contribution in [3.63, 3.8) is 0 Å². The van der Waals surface area contributed by atoms with Gasteiger partial charge in [0.15, 0.2) is 0 Å². The van der Waals surface area contributed by atoms with Crippen LogP contribution < -0.4 is 4.90 Å². The number of hydrogen-bond donors (Lipinski definition) is 0. The summed E-state index contributed by atoms with van der Waals surface area (Å²) in [6, 6.07) is 5.19. The van der Waals surface area contributed by atoms with Crippen LogP contribution in [0.4, 0.5) is 5.69 Å². The summed E-state index contributed by atoms with van der Waals surface area (Å²) in [7, 11) is -3.46. The fourth-order valence-corrected chi connectivity index (χ4v) is 6.70. The van der Waals surface area contributed by atoms with E-state index < -0.39 is 10.0 Å². The molecule has 0 spiro atoms. The van der Waals surface area contributed by atoms with Gasteiger partial charge in [-0.15, -0.1) is 11.8 Å². The molecule has 4 rings (SSSR count). The molecule has 1 aromatic heterocycles. The number of carbonyl (C=O) groups is 1. The molecule has 30 heavy (non-hydrogen) atoms. The first-order valence-corrected chi connectivity index (χ1v) is 12.9. The molecule has 0 unspecified atom stereocenters. The van der Waals surface area contributed by atoms with E-state index in [2.05, 4.69) is 5.16 Å². The molecule has 3 heterocycles. The van der Waals surface area contributed by atoms with E-state index in [1.165, 1.54) is 0 Å². The maximum atomic E-state index is 12.9. The maximum Gasteiger partial charge on any atom is 0.243 e. The predicted molar refractivity (Wildman–Crippen MR) is 117 cm³/mol. The molecule has 0 bridgehead atoms. The monoisotopic (exact) mass is 449 g/mol. The van der Waals surface area contributed by atoms with Crippen molar-refractivity contribution in [3.05, 3.63) is 40.8 Å². The van der Waals surface area contributed by atoms with E-state index >= 15 is 0 Å². The first-order valence-electron chi connectivity index (χ1n) is 10.3. The van der Waals surface area contributed by atoms with E-state index in [0.29, 0.717) is 42.5 Å². The number of carbonyl (C=O) groups excluding carboxylic acids is 1. The molecule has 2 aromatic rings. The number of nitrogens with zero attached hydrogens (tertiary/aromatic N) is 3. The molecule has 0 radical (unpaired) electrons. The van der Waals surface area contributed by atoms with Gasteiger partial charge in [-0.05, 0) is 56.9 Å². The van der Waals surface area contributed by atoms with Crippen LogP contribution in [0.25, 0.3) is 0 Å². The lowest BCUT2D eigenvalue weighted by molar-refractivity contribution is -0.116. The highest BCUT2D eigenvalue weighted by molar-refractivity contribution is 7.99. The molecule has 0 atom stereocenters. The molecule has 1 fully saturated rings. The first-order chi connectivity index (χ1) is 14.4. The first kappa shape index (κ1) is 21.4. The molecule has 9 heteroatoms. The molecule has 1 saturated heterocycles. The molecular formula is C21H27N3O4S2. The number of anilines is 1. The zero-order chi connectivity index (χ0) is 21.3. The Kier molecular flexibility index (Phi) is 6.22. The van der Waals surface area contributed by atoms with Gasteiger partial charge in [0.05, 0.1) is 16.3 Å². The number of amides is 1. The van der Waals surface area contributed by atoms with Crippen LogP contribution in [0.1, 0.15) is 41.8 Å². The lowest BCUT2D eigenvalue weighted by atomic mass is 10.2. The van der Waals surface area contributed by atoms with E-state index in [1.807, 2.05) is 13.8 Å². The van der Waals surface area contributed by atoms with E-state index in [-0.39, 0.29) is 5.91 Å². The number of sulfonamides is 1. The number of thioether (sulfide) groups is 1. The molecule has 2 aliphatic heterocycles. The number of benzene rings is 1. The summed E-state index contributed by atoms with van der Waals surface area (Å²) in [5.41, 5.74) is 3.66. The van der Waals surface area contributed by atoms with Gasteiger partial charge in [0, 0.05) is 36.6 Å². The van der Waals surface area contributed by atoms with Gasteiger partial charge >= 0.3 is 0 Å². The Bertz CT molecular complexity index is 1020. The van der Waals surface area contributed by atoms with Gasteiger partial charge in [0.25, 0.3) is 0 Å². The van der Waals surface area contributed by atoms with Crippen molar-refractivity contribution in [3.8, 4) is 0 Å². The van der Waals surface area contributed by atoms with Gasteiger partial charge in [0.2, 0.25) is 15.9 Å². The van der Waals surface area contributed by atoms with Crippen LogP contribution in [-0.2, 0) is 27.0 Å². The fourth-order valence-electron chi connectivity index (χ4n) is 4.08. The number of rotatable bonds is 6. The van der Waals surface area contributed by atoms with Gasteiger partial charge in [-0.2, -0.15) is 4.31 Å². The lowest BCUT2D eigenvalue weighted by Gasteiger charge is -2.26. The minimum atomic E-state index is -3.46. The van der Waals surface area contributed by atoms with Crippen LogP contribution in [0.2, 0.25) is 0 Å². The van der Waals surface area contributed by atoms with Crippen LogP contribution in [0.15, 0.2) is 27.6 Å². The Hall–Kier alpha value is -1.84. The molecule has 162 valence electrons. The summed E-state index contributed by atoms with van der Waals surface area (Å²) in [6.45, 7) is 5.55. The average molecular weight is 450 g/mol. The summed E-state index contributed by atoms with van der Waals surface area (Å²) in [5.74, 6) is 1.87. The summed E-state index contributed by atoms with van der Waals surface area (Å²) >= 11 is 1.54. The number of piperidine rings is 1. The number of aryl methyl sites for hydroxylation is 2. The summed E-state index contributed by atoms with van der Waals surface area (Å²) < 4.78 is 32.6. The number of fused-ring (bicyclic) bond motifs is 1. The summed E-state index contributed by atoms with van der Waals surface area (Å²) in [4.78, 5) is 14.9. The van der Waals surface area contributed by atoms with Crippen LogP contribution >= 0.6 is 11.8 Å². The second kappa shape index (κ2) is 8.72. The molecule has 0 saturated carbocycles. The number of hydrogen-bond acceptors (Lipinski definition) is 6. The molecule has 2 aliphatic rings. The minimum Gasteiger partial charge on any atom is -0.361 e. The average Bonchev–Trinajstić information content (AvgIpc) is 3.32. The predicted octanol–water partition coefficient (Wildman–Crippen LogP) is 3.29. The highest BCUT2D eigenvalue weighted by atomic mass is 32.2. The topological polar surface area (TPSA) is 83.7 Å². The minimum absolute atomic E-state index is 0.0390. The Morgan fingerprint density at radius 2 is 1.93 bits per heavy atom. The number of aromatic nitrogens is 1. The van der Waals surface area contributed by atoms with Crippen LogP contribution in [0.5, 0.6) is 0 Å². The Morgan fingerprint density at radius 3 is 2.63 bits per heavy atom. The van der Waals surface area contributed by atoms with Crippen molar-refractivity contribution in [1.29, 1.82) is 0 Å². The fraction of sp³-hybridized carbons (Fsp3) is 0.524. The normalized spacial score (nSPS) is 17.3. The quantitative estimate of drug-likeness (QED) is 0.673. The highest BCUT2D eigenvalue weighted by Gasteiger charge is 2.30. The summed E-state index contributed by atoms with van der Waals surface area (Å²) in [6.07, 6.45) is 3.59. The second-order valence-electron chi connectivity index (χ2n) is 7.85. The Morgan fingerprint density at radius 1 is 1.17 bits per heavy atom. The standard InChI is InChI=1S/C21H27N3O4S2/c1-15-19(16(2)28-22-15)13-29-14-21(25)24-11-8-17-12-18(6-7-20(17)24)30(26,27)23-9-4-3-5-10-23/h6-7,12H,3-5,8-11,13-14H2,1-2H3. The van der Waals surface area contributed by atoms with Crippen molar-refractivity contribution >= 4 is 33.4 Å². The molecule has 1 amide bonds. The van der Waals surface area contributed by atoms with E-state index in [4.69, 9.17) is 4.52 Å². The highest BCUT2D eigenvalue weighted by Crippen LogP contribution is 2.32. The summed E-state index contributed by atoms with van der Waals surface area (Å²) in [5, 5.41) is 3.95. The van der Waals surface area contributed by atoms with Crippen LogP contribution in [0.3, 0.4) is 0 Å². The SMILES string of the molecule is Cc1noc(C)c1CSCC(=O)N1CCc2cc(S(=O)(=O)N3CCCCC3)ccc21. The van der Waals surface area contributed by atoms with E-state index in [1.54, 1.807) is 39.2 Å². The molecule has 0 N–H and O–H groups in total. The van der Waals surface area contributed by atoms with E-state index in [0.717, 1.165) is 47.5 Å². The van der Waals surface area contributed by atoms with Gasteiger partial charge < -0.3 is 9.42 Å². The Balaban J connectivity index is 1.42. The third kappa shape index (κ3) is 4.15. The van der Waals surface area contributed by atoms with Crippen LogP contribution in [0, 0.1) is 13.8 Å². The third-order valence-corrected chi connectivity index (χ3v) is 8.69. The van der Waals surface area contributed by atoms with Gasteiger partial charge in [-0.3, -0.25) is 4.79 Å². The van der Waals surface area contributed by atoms with E-state index in [9.17, 15) is 13.2 Å². The molecule has 1 aromatic carbocycles. The molecule has 0 aliphatic carbocycles.